The molecule has 0 aliphatic carbocycles. The Morgan fingerprint density at radius 3 is 2.86 bits per heavy atom. The van der Waals surface area contributed by atoms with E-state index in [0.717, 1.165) is 0 Å². The number of carboxylic acids is 1. The second-order valence-corrected chi connectivity index (χ2v) is 4.78. The number of hydrogen-bond donors (Lipinski definition) is 3. The van der Waals surface area contributed by atoms with Gasteiger partial charge in [-0.05, 0) is 42.5 Å². The van der Waals surface area contributed by atoms with E-state index in [1.807, 2.05) is 0 Å². The van der Waals surface area contributed by atoms with Crippen molar-refractivity contribution < 1.29 is 14.3 Å². The van der Waals surface area contributed by atoms with E-state index in [4.69, 9.17) is 26.9 Å². The molecule has 0 amide bonds. The third kappa shape index (κ3) is 3.80. The van der Waals surface area contributed by atoms with Crippen molar-refractivity contribution in [1.82, 2.24) is 5.43 Å². The maximum absolute atomic E-state index is 11.0. The van der Waals surface area contributed by atoms with Gasteiger partial charge in [0.25, 0.3) is 0 Å². The Morgan fingerprint density at radius 2 is 2.19 bits per heavy atom. The molecule has 0 fully saturated rings. The number of benzene rings is 1. The highest BCUT2D eigenvalue weighted by Crippen LogP contribution is 2.26. The van der Waals surface area contributed by atoms with Gasteiger partial charge in [0.2, 0.25) is 0 Å². The van der Waals surface area contributed by atoms with Gasteiger partial charge in [-0.15, -0.1) is 0 Å². The summed E-state index contributed by atoms with van der Waals surface area (Å²) in [6.45, 7) is 0. The number of halogens is 1. The molecule has 2 aromatic rings. The summed E-state index contributed by atoms with van der Waals surface area (Å²) < 4.78 is 5.52. The number of aromatic carboxylic acids is 1. The van der Waals surface area contributed by atoms with Gasteiger partial charge in [0.1, 0.15) is 11.5 Å². The summed E-state index contributed by atoms with van der Waals surface area (Å²) in [5, 5.41) is 13.0. The maximum atomic E-state index is 11.0. The minimum atomic E-state index is -1.10. The quantitative estimate of drug-likeness (QED) is 0.454. The average molecular weight is 324 g/mol. The van der Waals surface area contributed by atoms with Crippen molar-refractivity contribution in [3.05, 3.63) is 46.7 Å². The molecular formula is C13H10ClN3O3S. The SMILES string of the molecule is NC(=S)N/N=C/c1ccc(-c2ccc(Cl)c(C(=O)O)c2)o1. The molecule has 0 radical (unpaired) electrons. The Labute approximate surface area is 130 Å². The number of thiocarbonyl (C=S) groups is 1. The number of nitrogens with one attached hydrogen (secondary N) is 1. The Balaban J connectivity index is 2.25. The Bertz CT molecular complexity index is 727. The normalized spacial score (nSPS) is 10.7. The van der Waals surface area contributed by atoms with Crippen molar-refractivity contribution in [3.8, 4) is 11.3 Å². The first-order valence-corrected chi connectivity index (χ1v) is 6.47. The van der Waals surface area contributed by atoms with E-state index in [0.29, 0.717) is 17.1 Å². The number of furan rings is 1. The molecule has 0 atom stereocenters. The van der Waals surface area contributed by atoms with Crippen LogP contribution in [0.2, 0.25) is 5.02 Å². The Morgan fingerprint density at radius 1 is 1.43 bits per heavy atom. The summed E-state index contributed by atoms with van der Waals surface area (Å²) in [5.41, 5.74) is 8.22. The van der Waals surface area contributed by atoms with E-state index >= 15 is 0 Å². The highest BCUT2D eigenvalue weighted by molar-refractivity contribution is 7.80. The van der Waals surface area contributed by atoms with Gasteiger partial charge in [-0.3, -0.25) is 5.43 Å². The Hall–Kier alpha value is -2.38. The molecule has 0 spiro atoms. The fourth-order valence-electron chi connectivity index (χ4n) is 1.58. The molecule has 1 aromatic carbocycles. The molecular weight excluding hydrogens is 314 g/mol. The summed E-state index contributed by atoms with van der Waals surface area (Å²) in [7, 11) is 0. The zero-order valence-corrected chi connectivity index (χ0v) is 12.1. The van der Waals surface area contributed by atoms with E-state index in [1.165, 1.54) is 18.3 Å². The van der Waals surface area contributed by atoms with Crippen molar-refractivity contribution in [2.75, 3.05) is 0 Å². The Kier molecular flexibility index (Phi) is 4.56. The van der Waals surface area contributed by atoms with Crippen LogP contribution in [0, 0.1) is 0 Å². The topological polar surface area (TPSA) is 101 Å². The van der Waals surface area contributed by atoms with E-state index in [-0.39, 0.29) is 15.7 Å². The van der Waals surface area contributed by atoms with Gasteiger partial charge in [-0.1, -0.05) is 11.6 Å². The molecule has 2 rings (SSSR count). The van der Waals surface area contributed by atoms with Crippen LogP contribution in [0.5, 0.6) is 0 Å². The van der Waals surface area contributed by atoms with E-state index in [1.54, 1.807) is 18.2 Å². The summed E-state index contributed by atoms with van der Waals surface area (Å²) >= 11 is 10.4. The van der Waals surface area contributed by atoms with Crippen molar-refractivity contribution in [1.29, 1.82) is 0 Å². The zero-order valence-electron chi connectivity index (χ0n) is 10.5. The predicted molar refractivity (Wildman–Crippen MR) is 83.6 cm³/mol. The monoisotopic (exact) mass is 323 g/mol. The summed E-state index contributed by atoms with van der Waals surface area (Å²) in [6, 6.07) is 7.98. The highest BCUT2D eigenvalue weighted by Gasteiger charge is 2.12. The molecule has 8 heteroatoms. The number of carboxylic acid groups (broad SMARTS) is 1. The molecule has 0 unspecified atom stereocenters. The fourth-order valence-corrected chi connectivity index (χ4v) is 1.83. The molecule has 6 nitrogen and oxygen atoms in total. The average Bonchev–Trinajstić information content (AvgIpc) is 2.87. The lowest BCUT2D eigenvalue weighted by molar-refractivity contribution is 0.0697. The lowest BCUT2D eigenvalue weighted by Gasteiger charge is -2.01. The number of carbonyl (C=O) groups is 1. The number of hydrazone groups is 1. The molecule has 0 saturated carbocycles. The van der Waals surface area contributed by atoms with Crippen LogP contribution in [0.15, 0.2) is 39.9 Å². The largest absolute Gasteiger partial charge is 0.478 e. The van der Waals surface area contributed by atoms with Crippen LogP contribution < -0.4 is 11.2 Å². The van der Waals surface area contributed by atoms with Gasteiger partial charge in [-0.2, -0.15) is 5.10 Å². The highest BCUT2D eigenvalue weighted by atomic mass is 35.5. The first-order chi connectivity index (χ1) is 9.97. The van der Waals surface area contributed by atoms with Crippen molar-refractivity contribution in [2.24, 2.45) is 10.8 Å². The lowest BCUT2D eigenvalue weighted by Crippen LogP contribution is -2.23. The number of nitrogens with two attached hydrogens (primary N) is 1. The number of hydrogen-bond acceptors (Lipinski definition) is 4. The predicted octanol–water partition coefficient (Wildman–Crippen LogP) is 2.47. The van der Waals surface area contributed by atoms with Crippen LogP contribution in [-0.2, 0) is 0 Å². The molecule has 21 heavy (non-hydrogen) atoms. The minimum Gasteiger partial charge on any atom is -0.478 e. The molecule has 0 aliphatic heterocycles. The number of nitrogens with zero attached hydrogens (tertiary/aromatic N) is 1. The van der Waals surface area contributed by atoms with Crippen LogP contribution in [0.1, 0.15) is 16.1 Å². The molecule has 1 aromatic heterocycles. The molecule has 0 aliphatic rings. The molecule has 0 saturated heterocycles. The summed E-state index contributed by atoms with van der Waals surface area (Å²) in [5.74, 6) is -0.151. The van der Waals surface area contributed by atoms with E-state index in [9.17, 15) is 4.79 Å². The van der Waals surface area contributed by atoms with E-state index < -0.39 is 5.97 Å². The molecule has 4 N–H and O–H groups in total. The second kappa shape index (κ2) is 6.38. The van der Waals surface area contributed by atoms with Crippen molar-refractivity contribution in [3.63, 3.8) is 0 Å². The van der Waals surface area contributed by atoms with Gasteiger partial charge in [0, 0.05) is 5.56 Å². The van der Waals surface area contributed by atoms with Crippen LogP contribution >= 0.6 is 23.8 Å². The first kappa shape index (κ1) is 15.0. The molecule has 108 valence electrons. The van der Waals surface area contributed by atoms with Crippen LogP contribution in [0.25, 0.3) is 11.3 Å². The van der Waals surface area contributed by atoms with E-state index in [2.05, 4.69) is 22.7 Å². The third-order valence-corrected chi connectivity index (χ3v) is 2.90. The smallest absolute Gasteiger partial charge is 0.337 e. The van der Waals surface area contributed by atoms with Gasteiger partial charge in [0.05, 0.1) is 16.8 Å². The standard InChI is InChI=1S/C13H10ClN3O3S/c14-10-3-1-7(5-9(10)12(18)19)11-4-2-8(20-11)6-16-17-13(15)21/h1-6H,(H,18,19)(H3,15,17,21)/b16-6+. The van der Waals surface area contributed by atoms with Gasteiger partial charge in [-0.25, -0.2) is 4.79 Å². The molecule has 1 heterocycles. The summed E-state index contributed by atoms with van der Waals surface area (Å²) in [6.07, 6.45) is 1.40. The van der Waals surface area contributed by atoms with Gasteiger partial charge >= 0.3 is 5.97 Å². The molecule has 0 bridgehead atoms. The maximum Gasteiger partial charge on any atom is 0.337 e. The second-order valence-electron chi connectivity index (χ2n) is 3.94. The van der Waals surface area contributed by atoms with Gasteiger partial charge in [0.15, 0.2) is 5.11 Å². The minimum absolute atomic E-state index is 0.0101. The van der Waals surface area contributed by atoms with Crippen LogP contribution in [0.3, 0.4) is 0 Å². The van der Waals surface area contributed by atoms with Crippen molar-refractivity contribution in [2.45, 2.75) is 0 Å². The fraction of sp³-hybridized carbons (Fsp3) is 0. The summed E-state index contributed by atoms with van der Waals surface area (Å²) in [4.78, 5) is 11.0. The van der Waals surface area contributed by atoms with Crippen LogP contribution in [0.4, 0.5) is 0 Å². The first-order valence-electron chi connectivity index (χ1n) is 5.69. The van der Waals surface area contributed by atoms with Crippen molar-refractivity contribution >= 4 is 41.1 Å². The number of rotatable bonds is 4. The lowest BCUT2D eigenvalue weighted by atomic mass is 10.1. The van der Waals surface area contributed by atoms with Gasteiger partial charge < -0.3 is 15.3 Å². The zero-order chi connectivity index (χ0) is 15.4. The third-order valence-electron chi connectivity index (χ3n) is 2.47. The van der Waals surface area contributed by atoms with Crippen LogP contribution in [-0.4, -0.2) is 22.4 Å².